The molecule has 0 saturated heterocycles. The highest BCUT2D eigenvalue weighted by Gasteiger charge is 2.36. The first-order valence-electron chi connectivity index (χ1n) is 6.47. The number of rotatable bonds is 3. The molecule has 2 atom stereocenters. The Morgan fingerprint density at radius 3 is 2.52 bits per heavy atom. The van der Waals surface area contributed by atoms with Crippen molar-refractivity contribution in [2.75, 3.05) is 6.61 Å². The van der Waals surface area contributed by atoms with E-state index in [4.69, 9.17) is 9.47 Å². The molecule has 3 rings (SSSR count). The van der Waals surface area contributed by atoms with Gasteiger partial charge < -0.3 is 14.6 Å². The predicted molar refractivity (Wildman–Crippen MR) is 74.4 cm³/mol. The van der Waals surface area contributed by atoms with Crippen LogP contribution in [0, 0.1) is 10.1 Å². The van der Waals surface area contributed by atoms with Gasteiger partial charge in [0, 0.05) is 6.07 Å². The molecule has 0 saturated carbocycles. The van der Waals surface area contributed by atoms with Crippen molar-refractivity contribution < 1.29 is 19.5 Å². The van der Waals surface area contributed by atoms with Crippen molar-refractivity contribution in [2.45, 2.75) is 12.2 Å². The summed E-state index contributed by atoms with van der Waals surface area (Å²) in [5, 5.41) is 20.5. The zero-order valence-corrected chi connectivity index (χ0v) is 11.0. The van der Waals surface area contributed by atoms with Crippen LogP contribution >= 0.6 is 0 Å². The molecule has 1 aliphatic rings. The number of aliphatic hydroxyl groups excluding tert-OH is 1. The van der Waals surface area contributed by atoms with Gasteiger partial charge in [-0.2, -0.15) is 0 Å². The van der Waals surface area contributed by atoms with Crippen LogP contribution in [0.15, 0.2) is 48.5 Å². The van der Waals surface area contributed by atoms with E-state index in [0.717, 1.165) is 5.56 Å². The highest BCUT2D eigenvalue weighted by Crippen LogP contribution is 2.44. The Bertz CT molecular complexity index is 658. The summed E-state index contributed by atoms with van der Waals surface area (Å²) >= 11 is 0. The van der Waals surface area contributed by atoms with Crippen LogP contribution in [0.25, 0.3) is 0 Å². The number of nitro groups is 1. The monoisotopic (exact) mass is 287 g/mol. The first-order valence-corrected chi connectivity index (χ1v) is 6.47. The molecule has 1 heterocycles. The molecule has 2 aromatic carbocycles. The van der Waals surface area contributed by atoms with Crippen LogP contribution in [-0.4, -0.2) is 22.7 Å². The first kappa shape index (κ1) is 13.4. The lowest BCUT2D eigenvalue weighted by molar-refractivity contribution is -0.386. The average molecular weight is 287 g/mol. The zero-order valence-electron chi connectivity index (χ0n) is 11.0. The van der Waals surface area contributed by atoms with Gasteiger partial charge in [-0.05, 0) is 11.6 Å². The van der Waals surface area contributed by atoms with Crippen LogP contribution in [0.3, 0.4) is 0 Å². The molecule has 108 valence electrons. The Morgan fingerprint density at radius 1 is 1.10 bits per heavy atom. The van der Waals surface area contributed by atoms with Crippen molar-refractivity contribution in [1.29, 1.82) is 0 Å². The molecule has 6 nitrogen and oxygen atoms in total. The predicted octanol–water partition coefficient (Wildman–Crippen LogP) is 2.47. The molecule has 0 fully saturated rings. The largest absolute Gasteiger partial charge is 0.478 e. The molecule has 0 radical (unpaired) electrons. The van der Waals surface area contributed by atoms with Crippen LogP contribution in [0.1, 0.15) is 11.7 Å². The van der Waals surface area contributed by atoms with Gasteiger partial charge in [0.2, 0.25) is 5.75 Å². The van der Waals surface area contributed by atoms with Gasteiger partial charge in [0.1, 0.15) is 0 Å². The topological polar surface area (TPSA) is 81.8 Å². The van der Waals surface area contributed by atoms with E-state index in [2.05, 4.69) is 0 Å². The minimum absolute atomic E-state index is 0.0636. The summed E-state index contributed by atoms with van der Waals surface area (Å²) in [6.07, 6.45) is -1.20. The Hall–Kier alpha value is -2.60. The lowest BCUT2D eigenvalue weighted by Gasteiger charge is -2.32. The fraction of sp³-hybridized carbons (Fsp3) is 0.200. The van der Waals surface area contributed by atoms with Crippen LogP contribution in [0.2, 0.25) is 0 Å². The van der Waals surface area contributed by atoms with Gasteiger partial charge in [-0.25, -0.2) is 0 Å². The van der Waals surface area contributed by atoms with E-state index in [1.807, 2.05) is 30.3 Å². The fourth-order valence-electron chi connectivity index (χ4n) is 2.34. The van der Waals surface area contributed by atoms with Crippen molar-refractivity contribution in [3.05, 3.63) is 64.2 Å². The SMILES string of the molecule is O=[N+]([O-])c1cccc2c1OC(CO)C(c1ccccc1)O2. The Kier molecular flexibility index (Phi) is 3.45. The number of ether oxygens (including phenoxy) is 2. The second kappa shape index (κ2) is 5.41. The maximum atomic E-state index is 11.0. The smallest absolute Gasteiger partial charge is 0.314 e. The first-order chi connectivity index (χ1) is 10.2. The van der Waals surface area contributed by atoms with E-state index in [0.29, 0.717) is 5.75 Å². The number of para-hydroxylation sites is 1. The summed E-state index contributed by atoms with van der Waals surface area (Å²) in [7, 11) is 0. The van der Waals surface area contributed by atoms with Crippen molar-refractivity contribution in [3.63, 3.8) is 0 Å². The summed E-state index contributed by atoms with van der Waals surface area (Å²) in [4.78, 5) is 10.5. The fourth-order valence-corrected chi connectivity index (χ4v) is 2.34. The van der Waals surface area contributed by atoms with E-state index >= 15 is 0 Å². The summed E-state index contributed by atoms with van der Waals surface area (Å²) < 4.78 is 11.4. The third kappa shape index (κ3) is 2.41. The van der Waals surface area contributed by atoms with E-state index in [9.17, 15) is 15.2 Å². The number of nitrogens with zero attached hydrogens (tertiary/aromatic N) is 1. The third-order valence-corrected chi connectivity index (χ3v) is 3.32. The number of hydrogen-bond acceptors (Lipinski definition) is 5. The second-order valence-electron chi connectivity index (χ2n) is 4.65. The van der Waals surface area contributed by atoms with Crippen LogP contribution in [0.5, 0.6) is 11.5 Å². The summed E-state index contributed by atoms with van der Waals surface area (Å²) in [6, 6.07) is 13.8. The molecule has 0 spiro atoms. The molecule has 1 aliphatic heterocycles. The van der Waals surface area contributed by atoms with Crippen molar-refractivity contribution >= 4 is 5.69 Å². The standard InChI is InChI=1S/C15H13NO5/c17-9-13-14(10-5-2-1-3-6-10)20-12-8-4-7-11(16(18)19)15(12)21-13/h1-8,13-14,17H,9H2. The van der Waals surface area contributed by atoms with Gasteiger partial charge in [0.25, 0.3) is 0 Å². The summed E-state index contributed by atoms with van der Waals surface area (Å²) in [5.41, 5.74) is 0.672. The van der Waals surface area contributed by atoms with E-state index < -0.39 is 17.1 Å². The Morgan fingerprint density at radius 2 is 1.86 bits per heavy atom. The molecule has 0 amide bonds. The number of nitro benzene ring substituents is 1. The van der Waals surface area contributed by atoms with Crippen LogP contribution in [-0.2, 0) is 0 Å². The zero-order chi connectivity index (χ0) is 14.8. The maximum Gasteiger partial charge on any atom is 0.314 e. The van der Waals surface area contributed by atoms with Crippen molar-refractivity contribution in [3.8, 4) is 11.5 Å². The van der Waals surface area contributed by atoms with Gasteiger partial charge in [0.05, 0.1) is 11.5 Å². The van der Waals surface area contributed by atoms with E-state index in [1.54, 1.807) is 12.1 Å². The number of aliphatic hydroxyl groups is 1. The minimum Gasteiger partial charge on any atom is -0.478 e. The molecule has 2 aromatic rings. The molecule has 2 unspecified atom stereocenters. The molecule has 1 N–H and O–H groups in total. The minimum atomic E-state index is -0.694. The van der Waals surface area contributed by atoms with Crippen molar-refractivity contribution in [2.24, 2.45) is 0 Å². The summed E-state index contributed by atoms with van der Waals surface area (Å²) in [6.45, 7) is -0.301. The number of benzene rings is 2. The molecular weight excluding hydrogens is 274 g/mol. The Balaban J connectivity index is 2.02. The van der Waals surface area contributed by atoms with Crippen LogP contribution in [0.4, 0.5) is 5.69 Å². The molecule has 6 heteroatoms. The molecule has 21 heavy (non-hydrogen) atoms. The average Bonchev–Trinajstić information content (AvgIpc) is 2.53. The van der Waals surface area contributed by atoms with E-state index in [1.165, 1.54) is 6.07 Å². The number of hydrogen-bond donors (Lipinski definition) is 1. The summed E-state index contributed by atoms with van der Waals surface area (Å²) in [5.74, 6) is 0.372. The van der Waals surface area contributed by atoms with Crippen LogP contribution < -0.4 is 9.47 Å². The van der Waals surface area contributed by atoms with Gasteiger partial charge in [-0.1, -0.05) is 36.4 Å². The van der Waals surface area contributed by atoms with E-state index in [-0.39, 0.29) is 18.0 Å². The lowest BCUT2D eigenvalue weighted by Crippen LogP contribution is -2.36. The molecular formula is C15H13NO5. The van der Waals surface area contributed by atoms with Gasteiger partial charge in [-0.15, -0.1) is 0 Å². The maximum absolute atomic E-state index is 11.0. The Labute approximate surface area is 120 Å². The highest BCUT2D eigenvalue weighted by atomic mass is 16.6. The lowest BCUT2D eigenvalue weighted by atomic mass is 10.0. The van der Waals surface area contributed by atoms with Crippen molar-refractivity contribution in [1.82, 2.24) is 0 Å². The van der Waals surface area contributed by atoms with Gasteiger partial charge in [-0.3, -0.25) is 10.1 Å². The molecule has 0 aliphatic carbocycles. The third-order valence-electron chi connectivity index (χ3n) is 3.32. The molecule has 0 aromatic heterocycles. The van der Waals surface area contributed by atoms with Gasteiger partial charge >= 0.3 is 5.69 Å². The highest BCUT2D eigenvalue weighted by molar-refractivity contribution is 5.57. The van der Waals surface area contributed by atoms with Gasteiger partial charge in [0.15, 0.2) is 18.0 Å². The quantitative estimate of drug-likeness (QED) is 0.692. The molecule has 0 bridgehead atoms. The number of fused-ring (bicyclic) bond motifs is 1. The normalized spacial score (nSPS) is 20.0. The second-order valence-corrected chi connectivity index (χ2v) is 4.65.